The molecule has 0 aliphatic carbocycles. The molecule has 132 valence electrons. The Bertz CT molecular complexity index is 1070. The van der Waals surface area contributed by atoms with Crippen molar-refractivity contribution in [1.29, 1.82) is 0 Å². The van der Waals surface area contributed by atoms with E-state index in [0.29, 0.717) is 5.56 Å². The molecule has 2 aromatic carbocycles. The lowest BCUT2D eigenvalue weighted by molar-refractivity contribution is -0.147. The normalized spacial score (nSPS) is 27.7. The quantitative estimate of drug-likeness (QED) is 0.592. The fraction of sp³-hybridized carbons (Fsp3) is 0.250. The fourth-order valence-electron chi connectivity index (χ4n) is 3.92. The Balaban J connectivity index is 1.81. The van der Waals surface area contributed by atoms with Gasteiger partial charge >= 0.3 is 0 Å². The second kappa shape index (κ2) is 4.64. The average molecular weight is 356 g/mol. The van der Waals surface area contributed by atoms with Gasteiger partial charge in [-0.05, 0) is 32.0 Å². The SMILES string of the molecule is CC1(C)N2OC2(c2cnc3ccccc3c2)c2cccc(F)c2C1(F)F. The van der Waals surface area contributed by atoms with Crippen LogP contribution in [-0.4, -0.2) is 15.6 Å². The Hall–Kier alpha value is -2.44. The van der Waals surface area contributed by atoms with Crippen molar-refractivity contribution in [2.45, 2.75) is 31.0 Å². The molecule has 5 rings (SSSR count). The first-order valence-corrected chi connectivity index (χ1v) is 8.32. The topological polar surface area (TPSA) is 28.4 Å². The summed E-state index contributed by atoms with van der Waals surface area (Å²) < 4.78 is 44.6. The second-order valence-electron chi connectivity index (χ2n) is 7.24. The van der Waals surface area contributed by atoms with E-state index < -0.39 is 28.6 Å². The third-order valence-corrected chi connectivity index (χ3v) is 5.43. The highest BCUT2D eigenvalue weighted by Crippen LogP contribution is 2.65. The van der Waals surface area contributed by atoms with Crippen LogP contribution in [0.15, 0.2) is 54.7 Å². The molecule has 0 radical (unpaired) electrons. The maximum absolute atomic E-state index is 15.1. The zero-order valence-electron chi connectivity index (χ0n) is 14.1. The molecule has 0 amide bonds. The van der Waals surface area contributed by atoms with Gasteiger partial charge in [0.1, 0.15) is 11.4 Å². The van der Waals surface area contributed by atoms with Gasteiger partial charge in [-0.1, -0.05) is 30.3 Å². The molecule has 3 heterocycles. The Morgan fingerprint density at radius 3 is 2.62 bits per heavy atom. The molecule has 1 saturated heterocycles. The van der Waals surface area contributed by atoms with Crippen LogP contribution in [0.25, 0.3) is 10.9 Å². The molecule has 1 fully saturated rings. The van der Waals surface area contributed by atoms with Gasteiger partial charge in [0, 0.05) is 22.7 Å². The van der Waals surface area contributed by atoms with Crippen molar-refractivity contribution in [3.05, 3.63) is 77.2 Å². The van der Waals surface area contributed by atoms with Gasteiger partial charge in [0.25, 0.3) is 5.92 Å². The standard InChI is InChI=1S/C20H15F3N2O/c1-18(2)20(22,23)17-14(7-5-8-15(17)21)19(25(18)26-19)13-10-12-6-3-4-9-16(12)24-11-13/h3-11H,1-2H3. The summed E-state index contributed by atoms with van der Waals surface area (Å²) in [6.45, 7) is 2.72. The lowest BCUT2D eigenvalue weighted by atomic mass is 9.77. The number of fused-ring (bicyclic) bond motifs is 4. The van der Waals surface area contributed by atoms with E-state index in [1.165, 1.54) is 31.0 Å². The molecule has 2 atom stereocenters. The zero-order chi connectivity index (χ0) is 18.3. The predicted octanol–water partition coefficient (Wildman–Crippen LogP) is 4.71. The highest BCUT2D eigenvalue weighted by molar-refractivity contribution is 5.79. The van der Waals surface area contributed by atoms with E-state index in [1.807, 2.05) is 30.3 Å². The van der Waals surface area contributed by atoms with Crippen LogP contribution in [0, 0.1) is 5.82 Å². The first-order valence-electron chi connectivity index (χ1n) is 8.32. The van der Waals surface area contributed by atoms with Crippen molar-refractivity contribution in [3.63, 3.8) is 0 Å². The average Bonchev–Trinajstić information content (AvgIpc) is 3.38. The monoisotopic (exact) mass is 356 g/mol. The minimum absolute atomic E-state index is 0.124. The highest BCUT2D eigenvalue weighted by atomic mass is 19.3. The lowest BCUT2D eigenvalue weighted by Gasteiger charge is -2.40. The van der Waals surface area contributed by atoms with Crippen LogP contribution >= 0.6 is 0 Å². The Morgan fingerprint density at radius 2 is 1.81 bits per heavy atom. The van der Waals surface area contributed by atoms with Gasteiger partial charge in [0.2, 0.25) is 5.72 Å². The minimum Gasteiger partial charge on any atom is -0.260 e. The number of hydroxylamine groups is 2. The molecule has 1 aromatic heterocycles. The first-order chi connectivity index (χ1) is 12.3. The van der Waals surface area contributed by atoms with Gasteiger partial charge in [-0.15, -0.1) is 5.06 Å². The smallest absolute Gasteiger partial charge is 0.260 e. The molecule has 3 aromatic rings. The number of halogens is 3. The van der Waals surface area contributed by atoms with Crippen LogP contribution < -0.4 is 0 Å². The molecule has 2 aliphatic heterocycles. The summed E-state index contributed by atoms with van der Waals surface area (Å²) in [5.41, 5.74) is -2.05. The third-order valence-electron chi connectivity index (χ3n) is 5.43. The number of alkyl halides is 2. The Morgan fingerprint density at radius 1 is 1.04 bits per heavy atom. The minimum atomic E-state index is -3.40. The molecule has 2 unspecified atom stereocenters. The van der Waals surface area contributed by atoms with Crippen molar-refractivity contribution >= 4 is 10.9 Å². The van der Waals surface area contributed by atoms with Gasteiger partial charge in [-0.3, -0.25) is 9.82 Å². The highest BCUT2D eigenvalue weighted by Gasteiger charge is 2.76. The van der Waals surface area contributed by atoms with E-state index in [1.54, 1.807) is 6.20 Å². The van der Waals surface area contributed by atoms with Crippen molar-refractivity contribution < 1.29 is 18.0 Å². The van der Waals surface area contributed by atoms with Crippen LogP contribution in [0.1, 0.15) is 30.5 Å². The van der Waals surface area contributed by atoms with Crippen molar-refractivity contribution in [2.75, 3.05) is 0 Å². The largest absolute Gasteiger partial charge is 0.296 e. The molecule has 0 N–H and O–H groups in total. The summed E-state index contributed by atoms with van der Waals surface area (Å²) in [4.78, 5) is 10.2. The summed E-state index contributed by atoms with van der Waals surface area (Å²) in [7, 11) is 0. The van der Waals surface area contributed by atoms with E-state index in [0.717, 1.165) is 17.0 Å². The van der Waals surface area contributed by atoms with Crippen LogP contribution in [0.5, 0.6) is 0 Å². The van der Waals surface area contributed by atoms with Crippen molar-refractivity contribution in [3.8, 4) is 0 Å². The fourth-order valence-corrected chi connectivity index (χ4v) is 3.92. The number of pyridine rings is 1. The number of hydrogen-bond donors (Lipinski definition) is 0. The summed E-state index contributed by atoms with van der Waals surface area (Å²) in [6, 6.07) is 13.4. The van der Waals surface area contributed by atoms with Gasteiger partial charge in [-0.25, -0.2) is 4.39 Å². The number of hydrogen-bond acceptors (Lipinski definition) is 3. The first kappa shape index (κ1) is 15.8. The maximum atomic E-state index is 15.1. The van der Waals surface area contributed by atoms with Gasteiger partial charge in [-0.2, -0.15) is 8.78 Å². The number of benzene rings is 2. The molecular weight excluding hydrogens is 341 g/mol. The van der Waals surface area contributed by atoms with Gasteiger partial charge in [0.15, 0.2) is 0 Å². The van der Waals surface area contributed by atoms with Crippen LogP contribution in [-0.2, 0) is 16.5 Å². The van der Waals surface area contributed by atoms with Crippen LogP contribution in [0.4, 0.5) is 13.2 Å². The zero-order valence-corrected chi connectivity index (χ0v) is 14.1. The summed E-state index contributed by atoms with van der Waals surface area (Å²) in [5, 5.41) is 2.12. The summed E-state index contributed by atoms with van der Waals surface area (Å²) in [6.07, 6.45) is 1.61. The van der Waals surface area contributed by atoms with E-state index >= 15 is 8.78 Å². The molecule has 0 saturated carbocycles. The van der Waals surface area contributed by atoms with E-state index in [-0.39, 0.29) is 5.56 Å². The van der Waals surface area contributed by atoms with E-state index in [2.05, 4.69) is 4.98 Å². The van der Waals surface area contributed by atoms with Crippen LogP contribution in [0.2, 0.25) is 0 Å². The Kier molecular flexibility index (Phi) is 2.81. The number of para-hydroxylation sites is 1. The number of rotatable bonds is 1. The molecule has 6 heteroatoms. The molecular formula is C20H15F3N2O. The molecule has 2 aliphatic rings. The van der Waals surface area contributed by atoms with Gasteiger partial charge < -0.3 is 0 Å². The third kappa shape index (κ3) is 1.68. The lowest BCUT2D eigenvalue weighted by Crippen LogP contribution is -2.53. The van der Waals surface area contributed by atoms with Crippen molar-refractivity contribution in [2.24, 2.45) is 0 Å². The number of aromatic nitrogens is 1. The summed E-state index contributed by atoms with van der Waals surface area (Å²) in [5.74, 6) is -4.33. The molecule has 0 bridgehead atoms. The second-order valence-corrected chi connectivity index (χ2v) is 7.24. The summed E-state index contributed by atoms with van der Waals surface area (Å²) >= 11 is 0. The van der Waals surface area contributed by atoms with E-state index in [4.69, 9.17) is 4.84 Å². The molecule has 26 heavy (non-hydrogen) atoms. The molecule has 3 nitrogen and oxygen atoms in total. The van der Waals surface area contributed by atoms with E-state index in [9.17, 15) is 4.39 Å². The maximum Gasteiger partial charge on any atom is 0.296 e. The van der Waals surface area contributed by atoms with Crippen molar-refractivity contribution in [1.82, 2.24) is 10.0 Å². The van der Waals surface area contributed by atoms with Gasteiger partial charge in [0.05, 0.1) is 11.1 Å². The molecule has 0 spiro atoms. The Labute approximate surface area is 148 Å². The predicted molar refractivity (Wildman–Crippen MR) is 89.8 cm³/mol. The number of nitrogens with zero attached hydrogens (tertiary/aromatic N) is 2. The van der Waals surface area contributed by atoms with Crippen LogP contribution in [0.3, 0.4) is 0 Å².